The number of rotatable bonds is 3. The normalized spacial score (nSPS) is 11.2. The van der Waals surface area contributed by atoms with Crippen molar-refractivity contribution in [3.05, 3.63) is 121 Å². The van der Waals surface area contributed by atoms with E-state index in [4.69, 9.17) is 5.73 Å². The second-order valence-electron chi connectivity index (χ2n) is 8.09. The summed E-state index contributed by atoms with van der Waals surface area (Å²) in [5.74, 6) is 0. The van der Waals surface area contributed by atoms with Crippen LogP contribution >= 0.6 is 0 Å². The van der Waals surface area contributed by atoms with Gasteiger partial charge in [0, 0.05) is 27.7 Å². The standard InChI is InChI=1S/C30H22N2/c31-28-20-24(32-29-15-6-4-13-26(29)27-14-5-7-16-30(27)32)17-18-25(28)23-12-8-11-22(19-23)21-9-2-1-3-10-21/h1-20H,31H2. The highest BCUT2D eigenvalue weighted by Crippen LogP contribution is 2.35. The smallest absolute Gasteiger partial charge is 0.0541 e. The minimum Gasteiger partial charge on any atom is -0.398 e. The molecule has 0 radical (unpaired) electrons. The van der Waals surface area contributed by atoms with Crippen LogP contribution in [0.15, 0.2) is 121 Å². The third kappa shape index (κ3) is 2.97. The average Bonchev–Trinajstić information content (AvgIpc) is 3.19. The van der Waals surface area contributed by atoms with E-state index in [-0.39, 0.29) is 0 Å². The van der Waals surface area contributed by atoms with Crippen molar-refractivity contribution in [2.45, 2.75) is 0 Å². The number of aromatic nitrogens is 1. The number of nitrogen functional groups attached to an aromatic ring is 1. The summed E-state index contributed by atoms with van der Waals surface area (Å²) < 4.78 is 2.30. The largest absolute Gasteiger partial charge is 0.398 e. The lowest BCUT2D eigenvalue weighted by molar-refractivity contribution is 1.18. The molecule has 0 amide bonds. The van der Waals surface area contributed by atoms with Gasteiger partial charge in [-0.05, 0) is 47.0 Å². The van der Waals surface area contributed by atoms with Crippen LogP contribution in [0.4, 0.5) is 5.69 Å². The molecule has 0 fully saturated rings. The van der Waals surface area contributed by atoms with Gasteiger partial charge in [-0.25, -0.2) is 0 Å². The van der Waals surface area contributed by atoms with Crippen LogP contribution < -0.4 is 5.73 Å². The second kappa shape index (κ2) is 7.44. The quantitative estimate of drug-likeness (QED) is 0.298. The van der Waals surface area contributed by atoms with Gasteiger partial charge in [-0.2, -0.15) is 0 Å². The molecule has 0 aliphatic heterocycles. The Morgan fingerprint density at radius 2 is 1.06 bits per heavy atom. The lowest BCUT2D eigenvalue weighted by Gasteiger charge is -2.13. The molecule has 6 aromatic rings. The molecule has 0 saturated carbocycles. The van der Waals surface area contributed by atoms with Crippen molar-refractivity contribution < 1.29 is 0 Å². The zero-order valence-electron chi connectivity index (χ0n) is 17.6. The van der Waals surface area contributed by atoms with Gasteiger partial charge >= 0.3 is 0 Å². The Balaban J connectivity index is 1.49. The summed E-state index contributed by atoms with van der Waals surface area (Å²) in [5.41, 5.74) is 15.4. The van der Waals surface area contributed by atoms with Crippen molar-refractivity contribution in [3.8, 4) is 27.9 Å². The predicted molar refractivity (Wildman–Crippen MR) is 136 cm³/mol. The van der Waals surface area contributed by atoms with E-state index < -0.39 is 0 Å². The van der Waals surface area contributed by atoms with Gasteiger partial charge in [-0.3, -0.25) is 0 Å². The van der Waals surface area contributed by atoms with Crippen LogP contribution in [-0.2, 0) is 0 Å². The predicted octanol–water partition coefficient (Wildman–Crippen LogP) is 7.70. The van der Waals surface area contributed by atoms with E-state index in [0.717, 1.165) is 22.5 Å². The van der Waals surface area contributed by atoms with Crippen LogP contribution in [0.1, 0.15) is 0 Å². The van der Waals surface area contributed by atoms with Crippen molar-refractivity contribution in [2.24, 2.45) is 0 Å². The number of anilines is 1. The molecule has 0 unspecified atom stereocenters. The summed E-state index contributed by atoms with van der Waals surface area (Å²) in [7, 11) is 0. The number of hydrogen-bond donors (Lipinski definition) is 1. The Morgan fingerprint density at radius 1 is 0.469 bits per heavy atom. The van der Waals surface area contributed by atoms with Gasteiger partial charge in [-0.1, -0.05) is 91.0 Å². The van der Waals surface area contributed by atoms with E-state index in [2.05, 4.69) is 120 Å². The maximum atomic E-state index is 6.62. The summed E-state index contributed by atoms with van der Waals surface area (Å²) in [6.45, 7) is 0. The van der Waals surface area contributed by atoms with Crippen molar-refractivity contribution in [3.63, 3.8) is 0 Å². The van der Waals surface area contributed by atoms with Crippen LogP contribution in [0.5, 0.6) is 0 Å². The summed E-state index contributed by atoms with van der Waals surface area (Å²) in [6, 6.07) is 42.5. The third-order valence-electron chi connectivity index (χ3n) is 6.15. The van der Waals surface area contributed by atoms with Crippen molar-refractivity contribution in [1.29, 1.82) is 0 Å². The van der Waals surface area contributed by atoms with Crippen LogP contribution in [0.25, 0.3) is 49.7 Å². The first kappa shape index (κ1) is 18.5. The number of nitrogens with two attached hydrogens (primary N) is 1. The molecule has 0 spiro atoms. The molecule has 1 heterocycles. The number of para-hydroxylation sites is 2. The molecule has 2 heteroatoms. The van der Waals surface area contributed by atoms with Gasteiger partial charge in [0.05, 0.1) is 11.0 Å². The maximum Gasteiger partial charge on any atom is 0.0541 e. The highest BCUT2D eigenvalue weighted by Gasteiger charge is 2.13. The zero-order valence-corrected chi connectivity index (χ0v) is 17.6. The SMILES string of the molecule is Nc1cc(-n2c3ccccc3c3ccccc32)ccc1-c1cccc(-c2ccccc2)c1. The molecule has 2 nitrogen and oxygen atoms in total. The average molecular weight is 411 g/mol. The molecule has 5 aromatic carbocycles. The molecule has 0 aliphatic rings. The van der Waals surface area contributed by atoms with Crippen molar-refractivity contribution in [1.82, 2.24) is 4.57 Å². The van der Waals surface area contributed by atoms with Crippen LogP contribution in [-0.4, -0.2) is 4.57 Å². The summed E-state index contributed by atoms with van der Waals surface area (Å²) in [6.07, 6.45) is 0. The van der Waals surface area contributed by atoms with Gasteiger partial charge in [-0.15, -0.1) is 0 Å². The lowest BCUT2D eigenvalue weighted by atomic mass is 9.98. The molecular weight excluding hydrogens is 388 g/mol. The van der Waals surface area contributed by atoms with Crippen molar-refractivity contribution >= 4 is 27.5 Å². The lowest BCUT2D eigenvalue weighted by Crippen LogP contribution is -1.97. The monoisotopic (exact) mass is 410 g/mol. The summed E-state index contributed by atoms with van der Waals surface area (Å²) in [5, 5.41) is 2.50. The van der Waals surface area contributed by atoms with E-state index in [9.17, 15) is 0 Å². The second-order valence-corrected chi connectivity index (χ2v) is 8.09. The number of fused-ring (bicyclic) bond motifs is 3. The molecule has 0 saturated heterocycles. The Hall–Kier alpha value is -4.30. The molecular formula is C30H22N2. The maximum absolute atomic E-state index is 6.62. The molecule has 6 rings (SSSR count). The van der Waals surface area contributed by atoms with E-state index in [0.29, 0.717) is 0 Å². The minimum atomic E-state index is 0.773. The topological polar surface area (TPSA) is 30.9 Å². The fraction of sp³-hybridized carbons (Fsp3) is 0. The first-order chi connectivity index (χ1) is 15.8. The minimum absolute atomic E-state index is 0.773. The Labute approximate surface area is 187 Å². The first-order valence-corrected chi connectivity index (χ1v) is 10.8. The molecule has 2 N–H and O–H groups in total. The highest BCUT2D eigenvalue weighted by atomic mass is 15.0. The Morgan fingerprint density at radius 3 is 1.75 bits per heavy atom. The van der Waals surface area contributed by atoms with E-state index >= 15 is 0 Å². The molecule has 1 aromatic heterocycles. The number of benzene rings is 5. The first-order valence-electron chi connectivity index (χ1n) is 10.8. The van der Waals surface area contributed by atoms with Gasteiger partial charge in [0.15, 0.2) is 0 Å². The van der Waals surface area contributed by atoms with Crippen LogP contribution in [0, 0.1) is 0 Å². The van der Waals surface area contributed by atoms with Gasteiger partial charge in [0.25, 0.3) is 0 Å². The molecule has 0 aliphatic carbocycles. The number of nitrogens with zero attached hydrogens (tertiary/aromatic N) is 1. The van der Waals surface area contributed by atoms with E-state index in [1.54, 1.807) is 0 Å². The third-order valence-corrected chi connectivity index (χ3v) is 6.15. The highest BCUT2D eigenvalue weighted by molar-refractivity contribution is 6.09. The summed E-state index contributed by atoms with van der Waals surface area (Å²) >= 11 is 0. The zero-order chi connectivity index (χ0) is 21.5. The van der Waals surface area contributed by atoms with Crippen LogP contribution in [0.2, 0.25) is 0 Å². The fourth-order valence-corrected chi connectivity index (χ4v) is 4.65. The van der Waals surface area contributed by atoms with Gasteiger partial charge < -0.3 is 10.3 Å². The Kier molecular flexibility index (Phi) is 4.29. The number of hydrogen-bond acceptors (Lipinski definition) is 1. The summed E-state index contributed by atoms with van der Waals surface area (Å²) in [4.78, 5) is 0. The van der Waals surface area contributed by atoms with Gasteiger partial charge in [0.1, 0.15) is 0 Å². The molecule has 0 bridgehead atoms. The van der Waals surface area contributed by atoms with Crippen molar-refractivity contribution in [2.75, 3.05) is 5.73 Å². The Bertz CT molecular complexity index is 1520. The van der Waals surface area contributed by atoms with E-state index in [1.807, 2.05) is 6.07 Å². The molecule has 152 valence electrons. The van der Waals surface area contributed by atoms with Gasteiger partial charge in [0.2, 0.25) is 0 Å². The fourth-order valence-electron chi connectivity index (χ4n) is 4.65. The molecule has 0 atom stereocenters. The van der Waals surface area contributed by atoms with E-state index in [1.165, 1.54) is 32.9 Å². The molecule has 32 heavy (non-hydrogen) atoms. The van der Waals surface area contributed by atoms with Crippen LogP contribution in [0.3, 0.4) is 0 Å².